The Bertz CT molecular complexity index is 257. The molecule has 1 N–H and O–H groups in total. The normalized spacial score (nSPS) is 40.4. The van der Waals surface area contributed by atoms with Crippen molar-refractivity contribution in [2.24, 2.45) is 11.8 Å². The molecule has 0 unspecified atom stereocenters. The van der Waals surface area contributed by atoms with E-state index in [0.29, 0.717) is 5.92 Å². The molecule has 2 rings (SSSR count). The van der Waals surface area contributed by atoms with E-state index in [2.05, 4.69) is 33.9 Å². The van der Waals surface area contributed by atoms with Crippen LogP contribution < -0.4 is 0 Å². The minimum atomic E-state index is -1.68. The number of aliphatic hydroxyl groups is 1. The Morgan fingerprint density at radius 2 is 1.80 bits per heavy atom. The Morgan fingerprint density at radius 1 is 1.20 bits per heavy atom. The van der Waals surface area contributed by atoms with Gasteiger partial charge in [-0.3, -0.25) is 0 Å². The third kappa shape index (κ3) is 2.02. The molecule has 0 saturated heterocycles. The van der Waals surface area contributed by atoms with Crippen molar-refractivity contribution < 1.29 is 9.53 Å². The van der Waals surface area contributed by atoms with Crippen molar-refractivity contribution in [3.05, 3.63) is 0 Å². The first-order valence-electron chi connectivity index (χ1n) is 6.08. The van der Waals surface area contributed by atoms with Crippen LogP contribution in [0.1, 0.15) is 33.6 Å². The molecule has 88 valence electrons. The summed E-state index contributed by atoms with van der Waals surface area (Å²) in [4.78, 5) is 0. The molecule has 4 atom stereocenters. The monoisotopic (exact) mass is 228 g/mol. The van der Waals surface area contributed by atoms with Gasteiger partial charge in [0, 0.05) is 0 Å². The van der Waals surface area contributed by atoms with Crippen LogP contribution in [0.3, 0.4) is 0 Å². The molecule has 2 fully saturated rings. The first-order valence-corrected chi connectivity index (χ1v) is 8.99. The second-order valence-corrected chi connectivity index (χ2v) is 11.6. The topological polar surface area (TPSA) is 29.5 Å². The first kappa shape index (κ1) is 11.6. The van der Waals surface area contributed by atoms with Crippen LogP contribution >= 0.6 is 0 Å². The lowest BCUT2D eigenvalue weighted by Gasteiger charge is -2.39. The van der Waals surface area contributed by atoms with Gasteiger partial charge in [0.25, 0.3) is 0 Å². The predicted molar refractivity (Wildman–Crippen MR) is 64.3 cm³/mol. The maximum Gasteiger partial charge on any atom is 0.192 e. The molecule has 0 aromatic rings. The molecule has 2 nitrogen and oxygen atoms in total. The van der Waals surface area contributed by atoms with Crippen LogP contribution in [0.25, 0.3) is 0 Å². The summed E-state index contributed by atoms with van der Waals surface area (Å²) in [5.41, 5.74) is 0. The lowest BCUT2D eigenvalue weighted by Crippen LogP contribution is -2.46. The van der Waals surface area contributed by atoms with E-state index < -0.39 is 8.32 Å². The van der Waals surface area contributed by atoms with Crippen molar-refractivity contribution in [2.75, 3.05) is 0 Å². The molecule has 0 radical (unpaired) electrons. The predicted octanol–water partition coefficient (Wildman–Crippen LogP) is 2.78. The molecule has 0 aromatic carbocycles. The highest BCUT2D eigenvalue weighted by atomic mass is 28.4. The molecule has 2 aliphatic rings. The third-order valence-corrected chi connectivity index (χ3v) is 9.09. The second kappa shape index (κ2) is 3.31. The van der Waals surface area contributed by atoms with Crippen LogP contribution in [0.4, 0.5) is 0 Å². The number of hydrogen-bond acceptors (Lipinski definition) is 2. The summed E-state index contributed by atoms with van der Waals surface area (Å²) in [5.74, 6) is 1.34. The van der Waals surface area contributed by atoms with E-state index in [9.17, 15) is 5.11 Å². The molecule has 15 heavy (non-hydrogen) atoms. The molecule has 0 aliphatic heterocycles. The van der Waals surface area contributed by atoms with E-state index in [1.54, 1.807) is 0 Å². The molecule has 0 heterocycles. The summed E-state index contributed by atoms with van der Waals surface area (Å²) in [6.45, 7) is 11.3. The van der Waals surface area contributed by atoms with Crippen molar-refractivity contribution in [3.8, 4) is 0 Å². The van der Waals surface area contributed by atoms with Crippen LogP contribution in [0.15, 0.2) is 0 Å². The molecule has 0 spiro atoms. The quantitative estimate of drug-likeness (QED) is 0.736. The van der Waals surface area contributed by atoms with Crippen LogP contribution in [0, 0.1) is 11.8 Å². The fourth-order valence-electron chi connectivity index (χ4n) is 2.35. The molecular weight excluding hydrogens is 204 g/mol. The molecule has 0 aromatic heterocycles. The highest BCUT2D eigenvalue weighted by Crippen LogP contribution is 2.54. The molecule has 0 bridgehead atoms. The van der Waals surface area contributed by atoms with Gasteiger partial charge in [-0.25, -0.2) is 0 Å². The van der Waals surface area contributed by atoms with Crippen molar-refractivity contribution in [1.82, 2.24) is 0 Å². The van der Waals surface area contributed by atoms with E-state index in [1.165, 1.54) is 6.42 Å². The molecule has 0 amide bonds. The Labute approximate surface area is 94.2 Å². The highest BCUT2D eigenvalue weighted by molar-refractivity contribution is 6.74. The lowest BCUT2D eigenvalue weighted by molar-refractivity contribution is 0.0326. The van der Waals surface area contributed by atoms with Crippen LogP contribution in [0.2, 0.25) is 18.1 Å². The largest absolute Gasteiger partial charge is 0.411 e. The van der Waals surface area contributed by atoms with E-state index in [1.807, 2.05) is 0 Å². The summed E-state index contributed by atoms with van der Waals surface area (Å²) >= 11 is 0. The number of rotatable bonds is 2. The minimum Gasteiger partial charge on any atom is -0.411 e. The van der Waals surface area contributed by atoms with Gasteiger partial charge in [-0.15, -0.1) is 0 Å². The summed E-state index contributed by atoms with van der Waals surface area (Å²) in [6, 6.07) is 0. The molecule has 2 saturated carbocycles. The van der Waals surface area contributed by atoms with E-state index >= 15 is 0 Å². The smallest absolute Gasteiger partial charge is 0.192 e. The average molecular weight is 228 g/mol. The number of aliphatic hydroxyl groups excluding tert-OH is 1. The highest BCUT2D eigenvalue weighted by Gasteiger charge is 2.55. The van der Waals surface area contributed by atoms with Gasteiger partial charge in [-0.05, 0) is 42.8 Å². The standard InChI is InChI=1S/C12H24O2Si/c1-12(2,3)15(4,5)14-10-7-8-6-9(8)11(10)13/h8-11,13H,6-7H2,1-5H3/t8-,9-,10+,11-/m1/s1. The van der Waals surface area contributed by atoms with Crippen LogP contribution in [0.5, 0.6) is 0 Å². The van der Waals surface area contributed by atoms with Gasteiger partial charge >= 0.3 is 0 Å². The third-order valence-electron chi connectivity index (χ3n) is 4.58. The van der Waals surface area contributed by atoms with Crippen LogP contribution in [-0.2, 0) is 4.43 Å². The van der Waals surface area contributed by atoms with Gasteiger partial charge in [-0.2, -0.15) is 0 Å². The van der Waals surface area contributed by atoms with Gasteiger partial charge in [0.15, 0.2) is 8.32 Å². The van der Waals surface area contributed by atoms with Gasteiger partial charge in [0.1, 0.15) is 0 Å². The van der Waals surface area contributed by atoms with Crippen molar-refractivity contribution in [1.29, 1.82) is 0 Å². The zero-order chi connectivity index (χ0) is 11.4. The minimum absolute atomic E-state index is 0.134. The first-order chi connectivity index (χ1) is 6.72. The van der Waals surface area contributed by atoms with Crippen LogP contribution in [-0.4, -0.2) is 25.6 Å². The zero-order valence-corrected chi connectivity index (χ0v) is 11.6. The summed E-state index contributed by atoms with van der Waals surface area (Å²) in [5, 5.41) is 10.3. The number of fused-ring (bicyclic) bond motifs is 1. The average Bonchev–Trinajstić information content (AvgIpc) is 2.73. The van der Waals surface area contributed by atoms with E-state index in [0.717, 1.165) is 12.3 Å². The molecule has 3 heteroatoms. The van der Waals surface area contributed by atoms with Gasteiger partial charge in [0.2, 0.25) is 0 Å². The second-order valence-electron chi connectivity index (χ2n) is 6.80. The van der Waals surface area contributed by atoms with Gasteiger partial charge < -0.3 is 9.53 Å². The summed E-state index contributed by atoms with van der Waals surface area (Å²) in [7, 11) is -1.68. The summed E-state index contributed by atoms with van der Waals surface area (Å²) < 4.78 is 6.27. The maximum absolute atomic E-state index is 10.0. The molecular formula is C12H24O2Si. The Hall–Kier alpha value is 0.137. The zero-order valence-electron chi connectivity index (χ0n) is 10.6. The summed E-state index contributed by atoms with van der Waals surface area (Å²) in [6.07, 6.45) is 2.29. The molecule has 2 aliphatic carbocycles. The van der Waals surface area contributed by atoms with Crippen molar-refractivity contribution in [2.45, 2.75) is 64.0 Å². The van der Waals surface area contributed by atoms with Crippen molar-refractivity contribution >= 4 is 8.32 Å². The lowest BCUT2D eigenvalue weighted by atomic mass is 10.2. The van der Waals surface area contributed by atoms with Crippen molar-refractivity contribution in [3.63, 3.8) is 0 Å². The maximum atomic E-state index is 10.0. The van der Waals surface area contributed by atoms with Gasteiger partial charge in [-0.1, -0.05) is 20.8 Å². The van der Waals surface area contributed by atoms with Gasteiger partial charge in [0.05, 0.1) is 12.2 Å². The number of hydrogen-bond donors (Lipinski definition) is 1. The van der Waals surface area contributed by atoms with E-state index in [-0.39, 0.29) is 17.2 Å². The Morgan fingerprint density at radius 3 is 2.20 bits per heavy atom. The fourth-order valence-corrected chi connectivity index (χ4v) is 3.69. The fraction of sp³-hybridized carbons (Fsp3) is 1.00. The Balaban J connectivity index is 1.97. The SMILES string of the molecule is CC(C)(C)[Si](C)(C)O[C@H]1C[C@H]2C[C@H]2[C@H]1O. The van der Waals surface area contributed by atoms with E-state index in [4.69, 9.17) is 4.43 Å². The Kier molecular flexibility index (Phi) is 2.57.